The maximum absolute atomic E-state index is 12.8. The molecule has 0 aromatic heterocycles. The summed E-state index contributed by atoms with van der Waals surface area (Å²) in [7, 11) is 0. The number of likely N-dealkylation sites (tertiary alicyclic amines) is 1. The number of esters is 4. The smallest absolute Gasteiger partial charge is 0.465 e. The van der Waals surface area contributed by atoms with Gasteiger partial charge in [0.15, 0.2) is 0 Å². The van der Waals surface area contributed by atoms with Crippen LogP contribution in [0, 0.1) is 11.8 Å². The van der Waals surface area contributed by atoms with Crippen LogP contribution < -0.4 is 0 Å². The van der Waals surface area contributed by atoms with Crippen LogP contribution >= 0.6 is 0 Å². The molecule has 396 valence electrons. The van der Waals surface area contributed by atoms with Gasteiger partial charge in [-0.15, -0.1) is 26.3 Å². The van der Waals surface area contributed by atoms with Gasteiger partial charge in [0.2, 0.25) is 0 Å². The molecule has 0 bridgehead atoms. The monoisotopic (exact) mass is 972 g/mol. The number of piperidine rings is 1. The van der Waals surface area contributed by atoms with Crippen LogP contribution in [-0.2, 0) is 47.6 Å². The Morgan fingerprint density at radius 1 is 0.493 bits per heavy atom. The lowest BCUT2D eigenvalue weighted by Gasteiger charge is -2.31. The van der Waals surface area contributed by atoms with E-state index < -0.39 is 24.0 Å². The van der Waals surface area contributed by atoms with Crippen molar-refractivity contribution in [2.45, 2.75) is 225 Å². The number of hydrogen-bond donors (Lipinski definition) is 0. The molecule has 0 N–H and O–H groups in total. The molecule has 1 unspecified atom stereocenters. The summed E-state index contributed by atoms with van der Waals surface area (Å²) < 4.78 is 33.8. The minimum atomic E-state index is -0.806. The number of nitrogens with zero attached hydrogens (tertiary/aromatic N) is 1. The van der Waals surface area contributed by atoms with Crippen molar-refractivity contribution in [3.8, 4) is 0 Å². The molecule has 0 spiro atoms. The lowest BCUT2D eigenvalue weighted by molar-refractivity contribution is -0.151. The van der Waals surface area contributed by atoms with Crippen LogP contribution in [0.4, 0.5) is 4.79 Å². The van der Waals surface area contributed by atoms with Gasteiger partial charge >= 0.3 is 30.0 Å². The average Bonchev–Trinajstić information content (AvgIpc) is 3.34. The summed E-state index contributed by atoms with van der Waals surface area (Å²) >= 11 is 0. The second-order valence-corrected chi connectivity index (χ2v) is 19.1. The van der Waals surface area contributed by atoms with Crippen molar-refractivity contribution in [2.24, 2.45) is 11.8 Å². The molecule has 0 amide bonds. The summed E-state index contributed by atoms with van der Waals surface area (Å²) in [6, 6.07) is 0. The minimum absolute atomic E-state index is 0.0670. The summed E-state index contributed by atoms with van der Waals surface area (Å²) in [6.07, 6.45) is 33.8. The molecule has 0 aliphatic carbocycles. The van der Waals surface area contributed by atoms with Crippen molar-refractivity contribution < 1.29 is 52.4 Å². The maximum atomic E-state index is 12.8. The number of ether oxygens (including phenoxy) is 6. The van der Waals surface area contributed by atoms with Crippen molar-refractivity contribution in [1.29, 1.82) is 0 Å². The van der Waals surface area contributed by atoms with Gasteiger partial charge in [0, 0.05) is 38.1 Å². The van der Waals surface area contributed by atoms with Crippen molar-refractivity contribution in [3.05, 3.63) is 50.6 Å². The first-order chi connectivity index (χ1) is 33.6. The summed E-state index contributed by atoms with van der Waals surface area (Å²) in [5.41, 5.74) is 0. The maximum Gasteiger partial charge on any atom is 0.508 e. The molecule has 0 saturated carbocycles. The molecule has 1 fully saturated rings. The fraction of sp³-hybridized carbons (Fsp3) is 0.772. The van der Waals surface area contributed by atoms with Crippen molar-refractivity contribution in [3.63, 3.8) is 0 Å². The van der Waals surface area contributed by atoms with Gasteiger partial charge in [-0.3, -0.25) is 19.2 Å². The van der Waals surface area contributed by atoms with Gasteiger partial charge in [-0.05, 0) is 154 Å². The first kappa shape index (κ1) is 63.1. The molecule has 12 heteroatoms. The molecule has 69 heavy (non-hydrogen) atoms. The predicted octanol–water partition coefficient (Wildman–Crippen LogP) is 13.8. The Kier molecular flexibility index (Phi) is 41.3. The molecule has 1 rings (SSSR count). The molecule has 1 heterocycles. The summed E-state index contributed by atoms with van der Waals surface area (Å²) in [6.45, 7) is 20.1. The Morgan fingerprint density at radius 2 is 0.870 bits per heavy atom. The van der Waals surface area contributed by atoms with E-state index in [-0.39, 0.29) is 69.3 Å². The van der Waals surface area contributed by atoms with Crippen LogP contribution in [0.25, 0.3) is 0 Å². The van der Waals surface area contributed by atoms with E-state index in [4.69, 9.17) is 28.4 Å². The van der Waals surface area contributed by atoms with E-state index in [1.807, 2.05) is 24.3 Å². The molecule has 1 atom stereocenters. The molecule has 0 aromatic rings. The largest absolute Gasteiger partial charge is 0.508 e. The van der Waals surface area contributed by atoms with Crippen LogP contribution in [0.2, 0.25) is 0 Å². The summed E-state index contributed by atoms with van der Waals surface area (Å²) in [4.78, 5) is 66.1. The number of allylic oxidation sites excluding steroid dienone is 4. The molecule has 1 aliphatic heterocycles. The molecule has 12 nitrogen and oxygen atoms in total. The van der Waals surface area contributed by atoms with Gasteiger partial charge in [-0.25, -0.2) is 4.79 Å². The van der Waals surface area contributed by atoms with E-state index in [0.717, 1.165) is 161 Å². The highest BCUT2D eigenvalue weighted by molar-refractivity contribution is 5.71. The van der Waals surface area contributed by atoms with E-state index in [1.165, 1.54) is 0 Å². The fourth-order valence-corrected chi connectivity index (χ4v) is 8.49. The minimum Gasteiger partial charge on any atom is -0.465 e. The van der Waals surface area contributed by atoms with Gasteiger partial charge in [-0.1, -0.05) is 69.8 Å². The van der Waals surface area contributed by atoms with E-state index in [1.54, 1.807) is 0 Å². The normalized spacial score (nSPS) is 13.8. The van der Waals surface area contributed by atoms with Crippen LogP contribution in [0.3, 0.4) is 0 Å². The highest BCUT2D eigenvalue weighted by Gasteiger charge is 2.23. The Labute approximate surface area is 419 Å². The second kappa shape index (κ2) is 45.2. The van der Waals surface area contributed by atoms with Gasteiger partial charge in [0.25, 0.3) is 0 Å². The summed E-state index contributed by atoms with van der Waals surface area (Å²) in [5, 5.41) is 0. The van der Waals surface area contributed by atoms with Crippen molar-refractivity contribution in [2.75, 3.05) is 46.1 Å². The predicted molar refractivity (Wildman–Crippen MR) is 277 cm³/mol. The Morgan fingerprint density at radius 3 is 1.26 bits per heavy atom. The highest BCUT2D eigenvalue weighted by Crippen LogP contribution is 2.20. The van der Waals surface area contributed by atoms with E-state index in [0.29, 0.717) is 51.4 Å². The third-order valence-electron chi connectivity index (χ3n) is 12.7. The number of carbonyl (C=O) groups excluding carboxylic acids is 5. The Bertz CT molecular complexity index is 1270. The molecule has 1 aliphatic rings. The average molecular weight is 972 g/mol. The number of rotatable bonds is 47. The third-order valence-corrected chi connectivity index (χ3v) is 12.7. The standard InChI is InChI=1S/C57H97NO11/c1-6-11-15-19-25-35-51(36-26-20-16-12-7-2)68-55(61)41-31-23-29-39-53(59)64-46-50(48-67-57(63)66-45-49-34-33-43-58(10-5)44-49)47-65-54(60)40-30-24-32-42-56(62)69-52(37-27-21-17-13-8-3)38-28-22-18-14-9-4/h6-9,49-52H,1-4,10-48H2,5H3. The molecule has 1 saturated heterocycles. The quantitative estimate of drug-likeness (QED) is 0.0248. The zero-order chi connectivity index (χ0) is 50.4. The van der Waals surface area contributed by atoms with Gasteiger partial charge in [-0.2, -0.15) is 0 Å². The zero-order valence-electron chi connectivity index (χ0n) is 43.5. The lowest BCUT2D eigenvalue weighted by Crippen LogP contribution is -2.37. The first-order valence-corrected chi connectivity index (χ1v) is 27.3. The Hall–Kier alpha value is -3.93. The van der Waals surface area contributed by atoms with Gasteiger partial charge in [0.05, 0.1) is 12.5 Å². The number of unbranched alkanes of at least 4 members (excludes halogenated alkanes) is 16. The molecule has 0 radical (unpaired) electrons. The van der Waals surface area contributed by atoms with E-state index >= 15 is 0 Å². The van der Waals surface area contributed by atoms with Crippen molar-refractivity contribution >= 4 is 30.0 Å². The zero-order valence-corrected chi connectivity index (χ0v) is 43.5. The van der Waals surface area contributed by atoms with Gasteiger partial charge < -0.3 is 33.3 Å². The highest BCUT2D eigenvalue weighted by atomic mass is 16.7. The summed E-state index contributed by atoms with van der Waals surface area (Å²) in [5.74, 6) is -1.57. The van der Waals surface area contributed by atoms with Crippen molar-refractivity contribution in [1.82, 2.24) is 4.90 Å². The molecule has 0 aromatic carbocycles. The third kappa shape index (κ3) is 38.5. The topological polar surface area (TPSA) is 144 Å². The number of hydrogen-bond acceptors (Lipinski definition) is 12. The van der Waals surface area contributed by atoms with E-state index in [9.17, 15) is 24.0 Å². The lowest BCUT2D eigenvalue weighted by atomic mass is 9.99. The second-order valence-electron chi connectivity index (χ2n) is 19.1. The first-order valence-electron chi connectivity index (χ1n) is 27.3. The number of carbonyl (C=O) groups is 5. The van der Waals surface area contributed by atoms with Crippen LogP contribution in [0.5, 0.6) is 0 Å². The van der Waals surface area contributed by atoms with Crippen LogP contribution in [0.1, 0.15) is 212 Å². The fourth-order valence-electron chi connectivity index (χ4n) is 8.49. The van der Waals surface area contributed by atoms with Crippen LogP contribution in [-0.4, -0.2) is 93.2 Å². The molecular formula is C57H97NO11. The van der Waals surface area contributed by atoms with Crippen LogP contribution in [0.15, 0.2) is 50.6 Å². The van der Waals surface area contributed by atoms with Gasteiger partial charge in [0.1, 0.15) is 32.0 Å². The van der Waals surface area contributed by atoms with E-state index in [2.05, 4.69) is 38.1 Å². The SMILES string of the molecule is C=CCCCCCC(CCCCCC=C)OC(=O)CCCCCC(=O)OCC(COC(=O)CCCCCC(=O)OC(CCCCCC=C)CCCCCC=C)COC(=O)OCC1CCCN(CC)C1. The molecular weight excluding hydrogens is 875 g/mol. The Balaban J connectivity index is 2.57.